The van der Waals surface area contributed by atoms with Crippen molar-refractivity contribution in [2.45, 2.75) is 19.7 Å². The average Bonchev–Trinajstić information content (AvgIpc) is 2.85. The van der Waals surface area contributed by atoms with E-state index in [-0.39, 0.29) is 12.4 Å². The Labute approximate surface area is 102 Å². The number of alkyl halides is 2. The van der Waals surface area contributed by atoms with Crippen LogP contribution in [0.4, 0.5) is 8.78 Å². The highest BCUT2D eigenvalue weighted by atomic mass is 19.3. The van der Waals surface area contributed by atoms with Crippen LogP contribution in [0.25, 0.3) is 0 Å². The lowest BCUT2D eigenvalue weighted by Gasteiger charge is -2.08. The van der Waals surface area contributed by atoms with Crippen LogP contribution in [0.2, 0.25) is 0 Å². The second kappa shape index (κ2) is 5.54. The Hall–Kier alpha value is -2.02. The molecule has 96 valence electrons. The molecule has 18 heavy (non-hydrogen) atoms. The average molecular weight is 254 g/mol. The van der Waals surface area contributed by atoms with Crippen molar-refractivity contribution in [2.75, 3.05) is 0 Å². The van der Waals surface area contributed by atoms with Crippen molar-refractivity contribution in [3.8, 4) is 5.75 Å². The van der Waals surface area contributed by atoms with Crippen LogP contribution >= 0.6 is 0 Å². The van der Waals surface area contributed by atoms with Gasteiger partial charge in [0.2, 0.25) is 0 Å². The van der Waals surface area contributed by atoms with Crippen LogP contribution in [0.5, 0.6) is 5.75 Å². The number of nitrogens with two attached hydrogens (primary N) is 1. The number of nitrogens with zero attached hydrogens (tertiary/aromatic N) is 3. The van der Waals surface area contributed by atoms with E-state index in [9.17, 15) is 8.78 Å². The van der Waals surface area contributed by atoms with Crippen molar-refractivity contribution < 1.29 is 13.5 Å². The molecule has 2 aromatic rings. The van der Waals surface area contributed by atoms with E-state index >= 15 is 0 Å². The fourth-order valence-corrected chi connectivity index (χ4v) is 1.40. The third-order valence-corrected chi connectivity index (χ3v) is 2.33. The minimum Gasteiger partial charge on any atom is -0.484 e. The van der Waals surface area contributed by atoms with Crippen LogP contribution in [0.3, 0.4) is 0 Å². The van der Waals surface area contributed by atoms with Crippen molar-refractivity contribution in [2.24, 2.45) is 5.73 Å². The molecule has 0 unspecified atom stereocenters. The number of pyridine rings is 1. The third kappa shape index (κ3) is 2.80. The molecule has 0 aromatic carbocycles. The first-order valence-electron chi connectivity index (χ1n) is 5.28. The summed E-state index contributed by atoms with van der Waals surface area (Å²) in [7, 11) is 0. The molecule has 0 aliphatic carbocycles. The summed E-state index contributed by atoms with van der Waals surface area (Å²) in [5.74, 6) is 0.643. The van der Waals surface area contributed by atoms with Gasteiger partial charge >= 0.3 is 6.55 Å². The van der Waals surface area contributed by atoms with Crippen molar-refractivity contribution in [3.63, 3.8) is 0 Å². The highest BCUT2D eigenvalue weighted by Gasteiger charge is 2.11. The van der Waals surface area contributed by atoms with Gasteiger partial charge in [0, 0.05) is 18.9 Å². The molecular weight excluding hydrogens is 242 g/mol. The van der Waals surface area contributed by atoms with Gasteiger partial charge in [-0.1, -0.05) is 0 Å². The summed E-state index contributed by atoms with van der Waals surface area (Å²) < 4.78 is 31.1. The highest BCUT2D eigenvalue weighted by Crippen LogP contribution is 2.15. The van der Waals surface area contributed by atoms with Gasteiger partial charge in [0.15, 0.2) is 5.82 Å². The second-order valence-electron chi connectivity index (χ2n) is 3.51. The summed E-state index contributed by atoms with van der Waals surface area (Å²) in [6, 6.07) is 3.40. The van der Waals surface area contributed by atoms with Gasteiger partial charge in [0.25, 0.3) is 0 Å². The molecule has 0 amide bonds. The second-order valence-corrected chi connectivity index (χ2v) is 3.51. The molecule has 0 saturated heterocycles. The Morgan fingerprint density at radius 2 is 2.17 bits per heavy atom. The van der Waals surface area contributed by atoms with E-state index in [1.165, 1.54) is 18.6 Å². The standard InChI is InChI=1S/C11H12F2N4O/c12-11(13)17-4-3-15-10(17)7-18-9-2-1-8(5-14)16-6-9/h1-4,6,11H,5,7,14H2. The maximum absolute atomic E-state index is 12.5. The summed E-state index contributed by atoms with van der Waals surface area (Å²) >= 11 is 0. The number of imidazole rings is 1. The predicted molar refractivity (Wildman–Crippen MR) is 59.9 cm³/mol. The third-order valence-electron chi connectivity index (χ3n) is 2.33. The summed E-state index contributed by atoms with van der Waals surface area (Å²) in [6.45, 7) is -2.32. The van der Waals surface area contributed by atoms with E-state index < -0.39 is 6.55 Å². The van der Waals surface area contributed by atoms with Crippen LogP contribution in [0, 0.1) is 0 Å². The van der Waals surface area contributed by atoms with Gasteiger partial charge in [-0.05, 0) is 12.1 Å². The molecule has 2 aromatic heterocycles. The van der Waals surface area contributed by atoms with Crippen molar-refractivity contribution >= 4 is 0 Å². The van der Waals surface area contributed by atoms with Crippen molar-refractivity contribution in [3.05, 3.63) is 42.2 Å². The number of aromatic nitrogens is 3. The van der Waals surface area contributed by atoms with E-state index in [2.05, 4.69) is 9.97 Å². The number of halogens is 2. The normalized spacial score (nSPS) is 10.9. The number of rotatable bonds is 5. The molecule has 0 aliphatic heterocycles. The Morgan fingerprint density at radius 3 is 2.78 bits per heavy atom. The molecule has 2 rings (SSSR count). The zero-order valence-corrected chi connectivity index (χ0v) is 9.46. The first-order chi connectivity index (χ1) is 8.70. The summed E-state index contributed by atoms with van der Waals surface area (Å²) in [6.07, 6.45) is 4.01. The molecule has 0 fully saturated rings. The Kier molecular flexibility index (Phi) is 3.83. The molecule has 0 saturated carbocycles. The monoisotopic (exact) mass is 254 g/mol. The van der Waals surface area contributed by atoms with E-state index in [1.807, 2.05) is 0 Å². The van der Waals surface area contributed by atoms with Gasteiger partial charge in [-0.15, -0.1) is 0 Å². The zero-order chi connectivity index (χ0) is 13.0. The van der Waals surface area contributed by atoms with Crippen molar-refractivity contribution in [1.29, 1.82) is 0 Å². The first kappa shape index (κ1) is 12.4. The van der Waals surface area contributed by atoms with E-state index in [4.69, 9.17) is 10.5 Å². The van der Waals surface area contributed by atoms with Crippen molar-refractivity contribution in [1.82, 2.24) is 14.5 Å². The predicted octanol–water partition coefficient (Wildman–Crippen LogP) is 1.71. The lowest BCUT2D eigenvalue weighted by Crippen LogP contribution is -2.07. The molecule has 7 heteroatoms. The van der Waals surface area contributed by atoms with Crippen LogP contribution in [0.1, 0.15) is 18.1 Å². The van der Waals surface area contributed by atoms with E-state index in [0.717, 1.165) is 10.3 Å². The van der Waals surface area contributed by atoms with E-state index in [1.54, 1.807) is 12.1 Å². The molecule has 0 bridgehead atoms. The fraction of sp³-hybridized carbons (Fsp3) is 0.273. The van der Waals surface area contributed by atoms with Gasteiger partial charge in [0.05, 0.1) is 11.9 Å². The largest absolute Gasteiger partial charge is 0.484 e. The minimum absolute atomic E-state index is 0.0407. The van der Waals surface area contributed by atoms with Gasteiger partial charge < -0.3 is 10.5 Å². The Morgan fingerprint density at radius 1 is 1.33 bits per heavy atom. The smallest absolute Gasteiger partial charge is 0.320 e. The molecule has 0 atom stereocenters. The van der Waals surface area contributed by atoms with Gasteiger partial charge in [-0.3, -0.25) is 9.55 Å². The molecule has 0 aliphatic rings. The maximum atomic E-state index is 12.5. The SMILES string of the molecule is NCc1ccc(OCc2nccn2C(F)F)cn1. The molecule has 0 radical (unpaired) electrons. The summed E-state index contributed by atoms with van der Waals surface area (Å²) in [4.78, 5) is 7.83. The maximum Gasteiger partial charge on any atom is 0.320 e. The molecule has 2 N–H and O–H groups in total. The number of hydrogen-bond donors (Lipinski definition) is 1. The molecule has 0 spiro atoms. The van der Waals surface area contributed by atoms with Gasteiger partial charge in [0.1, 0.15) is 12.4 Å². The van der Waals surface area contributed by atoms with Gasteiger partial charge in [-0.2, -0.15) is 8.78 Å². The fourth-order valence-electron chi connectivity index (χ4n) is 1.40. The lowest BCUT2D eigenvalue weighted by atomic mass is 10.3. The summed E-state index contributed by atoms with van der Waals surface area (Å²) in [5, 5.41) is 0. The highest BCUT2D eigenvalue weighted by molar-refractivity contribution is 5.19. The lowest BCUT2D eigenvalue weighted by molar-refractivity contribution is 0.0632. The first-order valence-corrected chi connectivity index (χ1v) is 5.28. The summed E-state index contributed by atoms with van der Waals surface area (Å²) in [5.41, 5.74) is 6.14. The topological polar surface area (TPSA) is 66.0 Å². The number of hydrogen-bond acceptors (Lipinski definition) is 4. The van der Waals surface area contributed by atoms with Gasteiger partial charge in [-0.25, -0.2) is 4.98 Å². The quantitative estimate of drug-likeness (QED) is 0.882. The zero-order valence-electron chi connectivity index (χ0n) is 9.46. The van der Waals surface area contributed by atoms with Crippen LogP contribution in [-0.4, -0.2) is 14.5 Å². The van der Waals surface area contributed by atoms with Crippen LogP contribution in [0.15, 0.2) is 30.7 Å². The van der Waals surface area contributed by atoms with E-state index in [0.29, 0.717) is 12.3 Å². The molecular formula is C11H12F2N4O. The van der Waals surface area contributed by atoms with Crippen LogP contribution < -0.4 is 10.5 Å². The Bertz CT molecular complexity index is 498. The minimum atomic E-state index is -2.62. The molecule has 2 heterocycles. The molecule has 5 nitrogen and oxygen atoms in total. The Balaban J connectivity index is 2.00. The number of ether oxygens (including phenoxy) is 1. The van der Waals surface area contributed by atoms with Crippen LogP contribution in [-0.2, 0) is 13.2 Å².